The van der Waals surface area contributed by atoms with Crippen molar-refractivity contribution in [3.8, 4) is 11.5 Å². The number of ketones is 1. The van der Waals surface area contributed by atoms with Gasteiger partial charge in [0.15, 0.2) is 5.13 Å². The molecule has 192 valence electrons. The third-order valence-electron chi connectivity index (χ3n) is 6.67. The molecule has 0 saturated carbocycles. The van der Waals surface area contributed by atoms with Crippen LogP contribution in [0.15, 0.2) is 66.2 Å². The van der Waals surface area contributed by atoms with Gasteiger partial charge in [0.25, 0.3) is 5.78 Å². The third-order valence-corrected chi connectivity index (χ3v) is 7.68. The number of rotatable bonds is 5. The SMILES string of the molecule is CCOc1ccc2nc(N3C(=O)C(=O)/C(=C(/O)c4ccc5c(c4)C[C@@H](C)O5)[C@H]3c3ccc(F)cc3)sc2c1. The summed E-state index contributed by atoms with van der Waals surface area (Å²) >= 11 is 1.23. The number of hydrogen-bond acceptors (Lipinski definition) is 7. The van der Waals surface area contributed by atoms with Crippen molar-refractivity contribution in [2.75, 3.05) is 11.5 Å². The molecule has 0 spiro atoms. The van der Waals surface area contributed by atoms with Crippen molar-refractivity contribution in [3.05, 3.63) is 88.7 Å². The molecule has 38 heavy (non-hydrogen) atoms. The van der Waals surface area contributed by atoms with Crippen LogP contribution in [0.2, 0.25) is 0 Å². The standard InChI is InChI=1S/C29H23FN2O5S/c1-3-36-20-9-10-21-23(14-20)38-29(31-21)32-25(16-4-7-19(30)8-5-16)24(27(34)28(32)35)26(33)17-6-11-22-18(13-17)12-15(2)37-22/h4-11,13-15,25,33H,3,12H2,1-2H3/b26-24+/t15-,25-/m1/s1. The molecule has 1 amide bonds. The number of carbonyl (C=O) groups is 2. The smallest absolute Gasteiger partial charge is 0.301 e. The highest BCUT2D eigenvalue weighted by Crippen LogP contribution is 2.45. The summed E-state index contributed by atoms with van der Waals surface area (Å²) in [5, 5.41) is 11.7. The van der Waals surface area contributed by atoms with Crippen molar-refractivity contribution in [1.82, 2.24) is 4.98 Å². The van der Waals surface area contributed by atoms with Crippen LogP contribution in [-0.4, -0.2) is 34.5 Å². The molecule has 7 nitrogen and oxygen atoms in total. The first kappa shape index (κ1) is 24.1. The van der Waals surface area contributed by atoms with Crippen LogP contribution in [0.3, 0.4) is 0 Å². The van der Waals surface area contributed by atoms with Gasteiger partial charge >= 0.3 is 5.91 Å². The minimum Gasteiger partial charge on any atom is -0.507 e. The first-order chi connectivity index (χ1) is 18.3. The van der Waals surface area contributed by atoms with Gasteiger partial charge in [-0.05, 0) is 73.5 Å². The lowest BCUT2D eigenvalue weighted by Gasteiger charge is -2.23. The lowest BCUT2D eigenvalue weighted by Crippen LogP contribution is -2.29. The summed E-state index contributed by atoms with van der Waals surface area (Å²) in [5.74, 6) is -1.02. The number of hydrogen-bond donors (Lipinski definition) is 1. The van der Waals surface area contributed by atoms with Crippen LogP contribution < -0.4 is 14.4 Å². The van der Waals surface area contributed by atoms with Gasteiger partial charge in [-0.1, -0.05) is 23.5 Å². The van der Waals surface area contributed by atoms with E-state index < -0.39 is 23.5 Å². The van der Waals surface area contributed by atoms with Gasteiger partial charge < -0.3 is 14.6 Å². The summed E-state index contributed by atoms with van der Waals surface area (Å²) in [4.78, 5) is 32.8. The molecule has 1 fully saturated rings. The number of Topliss-reactive ketones (excluding diaryl/α,β-unsaturated/α-hetero) is 1. The molecule has 0 aliphatic carbocycles. The number of halogens is 1. The van der Waals surface area contributed by atoms with E-state index >= 15 is 0 Å². The Morgan fingerprint density at radius 3 is 2.71 bits per heavy atom. The van der Waals surface area contributed by atoms with E-state index in [0.29, 0.717) is 40.6 Å². The van der Waals surface area contributed by atoms with Crippen molar-refractivity contribution >= 4 is 44.1 Å². The molecule has 2 aliphatic heterocycles. The molecule has 0 bridgehead atoms. The van der Waals surface area contributed by atoms with Crippen molar-refractivity contribution < 1.29 is 28.6 Å². The average Bonchev–Trinajstić information content (AvgIpc) is 3.56. The number of aromatic nitrogens is 1. The predicted octanol–water partition coefficient (Wildman–Crippen LogP) is 5.78. The van der Waals surface area contributed by atoms with Gasteiger partial charge in [-0.25, -0.2) is 9.37 Å². The Labute approximate surface area is 221 Å². The van der Waals surface area contributed by atoms with Crippen molar-refractivity contribution in [2.45, 2.75) is 32.4 Å². The number of nitrogens with zero attached hydrogens (tertiary/aromatic N) is 2. The minimum absolute atomic E-state index is 0.00877. The molecular formula is C29H23FN2O5S. The maximum absolute atomic E-state index is 13.8. The quantitative estimate of drug-likeness (QED) is 0.200. The molecule has 0 radical (unpaired) electrons. The van der Waals surface area contributed by atoms with Gasteiger partial charge in [0.1, 0.15) is 29.2 Å². The zero-order chi connectivity index (χ0) is 26.6. The summed E-state index contributed by atoms with van der Waals surface area (Å²) in [7, 11) is 0. The number of aliphatic hydroxyl groups is 1. The number of anilines is 1. The van der Waals surface area contributed by atoms with Gasteiger partial charge in [0.05, 0.1) is 28.4 Å². The highest BCUT2D eigenvalue weighted by atomic mass is 32.1. The van der Waals surface area contributed by atoms with Gasteiger partial charge in [0, 0.05) is 12.0 Å². The summed E-state index contributed by atoms with van der Waals surface area (Å²) in [6, 6.07) is 15.1. The Morgan fingerprint density at radius 1 is 1.16 bits per heavy atom. The number of benzene rings is 3. The van der Waals surface area contributed by atoms with E-state index in [1.807, 2.05) is 19.9 Å². The Morgan fingerprint density at radius 2 is 1.95 bits per heavy atom. The summed E-state index contributed by atoms with van der Waals surface area (Å²) in [5.41, 5.74) is 2.34. The van der Waals surface area contributed by atoms with Gasteiger partial charge in [-0.15, -0.1) is 0 Å². The second-order valence-electron chi connectivity index (χ2n) is 9.23. The Balaban J connectivity index is 1.50. The zero-order valence-corrected chi connectivity index (χ0v) is 21.4. The number of carbonyl (C=O) groups excluding carboxylic acids is 2. The Bertz CT molecular complexity index is 1630. The van der Waals surface area contributed by atoms with E-state index in [4.69, 9.17) is 9.47 Å². The highest BCUT2D eigenvalue weighted by Gasteiger charge is 2.48. The van der Waals surface area contributed by atoms with Crippen LogP contribution in [0.1, 0.15) is 36.6 Å². The number of aliphatic hydroxyl groups excluding tert-OH is 1. The highest BCUT2D eigenvalue weighted by molar-refractivity contribution is 7.22. The fraction of sp³-hybridized carbons (Fsp3) is 0.207. The second kappa shape index (κ2) is 9.25. The van der Waals surface area contributed by atoms with Crippen LogP contribution in [0.5, 0.6) is 11.5 Å². The summed E-state index contributed by atoms with van der Waals surface area (Å²) in [6.45, 7) is 4.35. The number of ether oxygens (including phenoxy) is 2. The molecule has 2 aliphatic rings. The van der Waals surface area contributed by atoms with Gasteiger partial charge in [0.2, 0.25) is 0 Å². The normalized spacial score (nSPS) is 20.1. The van der Waals surface area contributed by atoms with Crippen molar-refractivity contribution in [2.24, 2.45) is 0 Å². The van der Waals surface area contributed by atoms with Crippen LogP contribution in [0, 0.1) is 5.82 Å². The summed E-state index contributed by atoms with van der Waals surface area (Å²) < 4.78 is 25.9. The van der Waals surface area contributed by atoms with Crippen molar-refractivity contribution in [1.29, 1.82) is 0 Å². The topological polar surface area (TPSA) is 89.0 Å². The first-order valence-corrected chi connectivity index (χ1v) is 13.1. The molecule has 9 heteroatoms. The number of fused-ring (bicyclic) bond motifs is 2. The van der Waals surface area contributed by atoms with E-state index in [1.165, 1.54) is 40.5 Å². The Hall–Kier alpha value is -4.24. The van der Waals surface area contributed by atoms with E-state index in [9.17, 15) is 19.1 Å². The molecule has 6 rings (SSSR count). The number of amides is 1. The minimum atomic E-state index is -0.994. The summed E-state index contributed by atoms with van der Waals surface area (Å²) in [6.07, 6.45) is 0.677. The van der Waals surface area contributed by atoms with Crippen LogP contribution in [0.25, 0.3) is 16.0 Å². The molecule has 3 heterocycles. The average molecular weight is 531 g/mol. The molecule has 3 aromatic carbocycles. The van der Waals surface area contributed by atoms with E-state index in [2.05, 4.69) is 4.98 Å². The van der Waals surface area contributed by atoms with E-state index in [1.54, 1.807) is 30.3 Å². The fourth-order valence-electron chi connectivity index (χ4n) is 4.97. The molecule has 2 atom stereocenters. The van der Waals surface area contributed by atoms with Gasteiger partial charge in [-0.3, -0.25) is 14.5 Å². The van der Waals surface area contributed by atoms with Crippen LogP contribution >= 0.6 is 11.3 Å². The molecule has 1 aromatic heterocycles. The van der Waals surface area contributed by atoms with Crippen LogP contribution in [0.4, 0.5) is 9.52 Å². The predicted molar refractivity (Wildman–Crippen MR) is 142 cm³/mol. The fourth-order valence-corrected chi connectivity index (χ4v) is 5.99. The van der Waals surface area contributed by atoms with E-state index in [-0.39, 0.29) is 17.4 Å². The largest absolute Gasteiger partial charge is 0.507 e. The van der Waals surface area contributed by atoms with E-state index in [0.717, 1.165) is 16.0 Å². The molecule has 0 unspecified atom stereocenters. The zero-order valence-electron chi connectivity index (χ0n) is 20.6. The first-order valence-electron chi connectivity index (χ1n) is 12.2. The number of thiazole rings is 1. The lowest BCUT2D eigenvalue weighted by atomic mass is 9.94. The molecular weight excluding hydrogens is 507 g/mol. The third kappa shape index (κ3) is 3.99. The second-order valence-corrected chi connectivity index (χ2v) is 10.2. The Kier molecular flexibility index (Phi) is 5.87. The maximum atomic E-state index is 13.8. The van der Waals surface area contributed by atoms with Gasteiger partial charge in [-0.2, -0.15) is 0 Å². The van der Waals surface area contributed by atoms with Crippen molar-refractivity contribution in [3.63, 3.8) is 0 Å². The maximum Gasteiger partial charge on any atom is 0.301 e. The lowest BCUT2D eigenvalue weighted by molar-refractivity contribution is -0.132. The molecule has 1 saturated heterocycles. The molecule has 1 N–H and O–H groups in total. The monoisotopic (exact) mass is 530 g/mol. The van der Waals surface area contributed by atoms with Crippen LogP contribution in [-0.2, 0) is 16.0 Å². The molecule has 4 aromatic rings.